The summed E-state index contributed by atoms with van der Waals surface area (Å²) in [6, 6.07) is 10.6. The first kappa shape index (κ1) is 25.4. The van der Waals surface area contributed by atoms with E-state index < -0.39 is 11.6 Å². The zero-order chi connectivity index (χ0) is 23.6. The molecule has 184 valence electrons. The number of carbonyl (C=O) groups is 2. The number of halogens is 1. The predicted octanol–water partition coefficient (Wildman–Crippen LogP) is -1.04. The fourth-order valence-corrected chi connectivity index (χ4v) is 5.82. The molecule has 0 aliphatic carbocycles. The first-order chi connectivity index (χ1) is 16.5. The van der Waals surface area contributed by atoms with Crippen molar-refractivity contribution in [2.24, 2.45) is 5.92 Å². The Morgan fingerprint density at radius 3 is 2.49 bits per heavy atom. The molecule has 0 radical (unpaired) electrons. The third kappa shape index (κ3) is 5.13. The fraction of sp³-hybridized carbons (Fsp3) is 0.375. The lowest BCUT2D eigenvalue weighted by Gasteiger charge is -2.51. The Morgan fingerprint density at radius 1 is 1.11 bits per heavy atom. The summed E-state index contributed by atoms with van der Waals surface area (Å²) in [6.45, 7) is 2.48. The van der Waals surface area contributed by atoms with E-state index >= 15 is 0 Å². The summed E-state index contributed by atoms with van der Waals surface area (Å²) in [4.78, 5) is 37.9. The zero-order valence-electron chi connectivity index (χ0n) is 18.9. The molecule has 2 aromatic heterocycles. The molecular weight excluding hydrogens is 534 g/mol. The van der Waals surface area contributed by atoms with Gasteiger partial charge in [-0.25, -0.2) is 19.7 Å². The standard InChI is InChI=1S/C24H25N5O4S.BrH/c30-21(28-23-26-15-25-16-27-23)13-29-9-6-17(7-10-29)20(12-29)33-22(31)24(32,19-8-11-34-14-19)18-4-2-1-3-5-18;/h1-5,8,11,14-17,20,32H,6-7,9-10,12-13H2;1H/t17?,20?,24-,29?;/m1./s1. The summed E-state index contributed by atoms with van der Waals surface area (Å²) < 4.78 is 6.56. The number of carbonyl (C=O) groups excluding carboxylic acids is 2. The van der Waals surface area contributed by atoms with Crippen LogP contribution < -0.4 is 22.3 Å². The van der Waals surface area contributed by atoms with Crippen molar-refractivity contribution < 1.29 is 40.9 Å². The van der Waals surface area contributed by atoms with Crippen LogP contribution in [0.25, 0.3) is 0 Å². The van der Waals surface area contributed by atoms with Gasteiger partial charge in [-0.15, -0.1) is 0 Å². The lowest BCUT2D eigenvalue weighted by molar-refractivity contribution is -0.939. The molecule has 35 heavy (non-hydrogen) atoms. The van der Waals surface area contributed by atoms with E-state index in [-0.39, 0.29) is 47.4 Å². The van der Waals surface area contributed by atoms with Gasteiger partial charge < -0.3 is 31.3 Å². The van der Waals surface area contributed by atoms with Gasteiger partial charge >= 0.3 is 5.97 Å². The van der Waals surface area contributed by atoms with Crippen molar-refractivity contribution in [3.8, 4) is 0 Å². The van der Waals surface area contributed by atoms with Crippen LogP contribution in [-0.4, -0.2) is 68.7 Å². The quantitative estimate of drug-likeness (QED) is 0.281. The van der Waals surface area contributed by atoms with Gasteiger partial charge in [-0.3, -0.25) is 10.1 Å². The smallest absolute Gasteiger partial charge is 0.348 e. The van der Waals surface area contributed by atoms with Crippen LogP contribution in [0.1, 0.15) is 24.0 Å². The number of quaternary nitrogens is 1. The van der Waals surface area contributed by atoms with E-state index in [1.165, 1.54) is 24.0 Å². The van der Waals surface area contributed by atoms with Crippen molar-refractivity contribution in [2.75, 3.05) is 31.5 Å². The van der Waals surface area contributed by atoms with Gasteiger partial charge in [0.1, 0.15) is 19.2 Å². The van der Waals surface area contributed by atoms with Gasteiger partial charge in [-0.05, 0) is 22.4 Å². The van der Waals surface area contributed by atoms with E-state index in [0.717, 1.165) is 25.9 Å². The SMILES string of the molecule is O=C(C[N+]12CCC(CC1)C(OC(=O)[C@@](O)(c1ccccc1)c1ccsc1)C2)Nc1ncncn1.[Br-]. The number of nitrogens with one attached hydrogen (secondary N) is 1. The second-order valence-corrected chi connectivity index (χ2v) is 9.79. The molecule has 1 unspecified atom stereocenters. The van der Waals surface area contributed by atoms with E-state index in [0.29, 0.717) is 22.2 Å². The molecular formula is C24H26BrN5O4S. The second-order valence-electron chi connectivity index (χ2n) is 9.01. The van der Waals surface area contributed by atoms with E-state index in [4.69, 9.17) is 4.74 Å². The molecule has 1 amide bonds. The van der Waals surface area contributed by atoms with Crippen molar-refractivity contribution in [1.29, 1.82) is 0 Å². The lowest BCUT2D eigenvalue weighted by Crippen LogP contribution is -3.00. The molecule has 1 aromatic carbocycles. The minimum atomic E-state index is -1.88. The summed E-state index contributed by atoms with van der Waals surface area (Å²) >= 11 is 1.41. The molecule has 0 saturated carbocycles. The van der Waals surface area contributed by atoms with Gasteiger partial charge in [-0.2, -0.15) is 11.3 Å². The van der Waals surface area contributed by atoms with Gasteiger partial charge in [0.25, 0.3) is 5.91 Å². The van der Waals surface area contributed by atoms with Gasteiger partial charge in [0, 0.05) is 24.3 Å². The summed E-state index contributed by atoms with van der Waals surface area (Å²) in [5, 5.41) is 17.9. The minimum Gasteiger partial charge on any atom is -1.00 e. The van der Waals surface area contributed by atoms with Crippen molar-refractivity contribution in [3.63, 3.8) is 0 Å². The summed E-state index contributed by atoms with van der Waals surface area (Å²) in [7, 11) is 0. The third-order valence-electron chi connectivity index (χ3n) is 6.95. The van der Waals surface area contributed by atoms with Crippen LogP contribution >= 0.6 is 11.3 Å². The molecule has 3 aliphatic rings. The normalized spacial score (nSPS) is 24.6. The average Bonchev–Trinajstić information content (AvgIpc) is 3.40. The molecule has 2 bridgehead atoms. The Morgan fingerprint density at radius 2 is 1.83 bits per heavy atom. The predicted molar refractivity (Wildman–Crippen MR) is 125 cm³/mol. The first-order valence-electron chi connectivity index (χ1n) is 11.3. The number of amides is 1. The van der Waals surface area contributed by atoms with Gasteiger partial charge in [-0.1, -0.05) is 30.3 Å². The van der Waals surface area contributed by atoms with Crippen molar-refractivity contribution in [2.45, 2.75) is 24.5 Å². The molecule has 0 spiro atoms. The average molecular weight is 560 g/mol. The molecule has 9 nitrogen and oxygen atoms in total. The monoisotopic (exact) mass is 559 g/mol. The molecule has 3 aliphatic heterocycles. The van der Waals surface area contributed by atoms with E-state index in [1.54, 1.807) is 35.7 Å². The largest absolute Gasteiger partial charge is 1.00 e. The number of esters is 1. The maximum atomic E-state index is 13.5. The number of aromatic nitrogens is 3. The highest BCUT2D eigenvalue weighted by molar-refractivity contribution is 7.08. The molecule has 2 N–H and O–H groups in total. The van der Waals surface area contributed by atoms with E-state index in [2.05, 4.69) is 20.3 Å². The van der Waals surface area contributed by atoms with Crippen molar-refractivity contribution in [3.05, 3.63) is 70.9 Å². The number of hydrogen-bond acceptors (Lipinski definition) is 8. The van der Waals surface area contributed by atoms with Crippen LogP contribution in [0.3, 0.4) is 0 Å². The molecule has 5 heterocycles. The van der Waals surface area contributed by atoms with Gasteiger partial charge in [0.2, 0.25) is 11.5 Å². The molecule has 11 heteroatoms. The number of nitrogens with zero attached hydrogens (tertiary/aromatic N) is 4. The number of ether oxygens (including phenoxy) is 1. The Kier molecular flexibility index (Phi) is 7.60. The van der Waals surface area contributed by atoms with Crippen molar-refractivity contribution >= 4 is 29.2 Å². The zero-order valence-corrected chi connectivity index (χ0v) is 21.3. The summed E-state index contributed by atoms with van der Waals surface area (Å²) in [6.07, 6.45) is 4.02. The Labute approximate surface area is 217 Å². The number of thiophene rings is 1. The third-order valence-corrected chi connectivity index (χ3v) is 7.63. The Hall–Kier alpha value is -2.73. The molecule has 3 saturated heterocycles. The van der Waals surface area contributed by atoms with Crippen LogP contribution in [0.5, 0.6) is 0 Å². The topological polar surface area (TPSA) is 114 Å². The van der Waals surface area contributed by atoms with Gasteiger partial charge in [0.15, 0.2) is 12.6 Å². The molecule has 3 aromatic rings. The number of hydrogen-bond donors (Lipinski definition) is 2. The number of aliphatic hydroxyl groups is 1. The Bertz CT molecular complexity index is 1140. The van der Waals surface area contributed by atoms with Crippen LogP contribution in [0, 0.1) is 5.92 Å². The minimum absolute atomic E-state index is 0. The van der Waals surface area contributed by atoms with Gasteiger partial charge in [0.05, 0.1) is 13.1 Å². The number of benzene rings is 1. The Balaban J connectivity index is 0.00000289. The van der Waals surface area contributed by atoms with Crippen LogP contribution in [0.2, 0.25) is 0 Å². The summed E-state index contributed by atoms with van der Waals surface area (Å²) in [5.41, 5.74) is -0.912. The number of fused-ring (bicyclic) bond motifs is 3. The van der Waals surface area contributed by atoms with E-state index in [1.807, 2.05) is 11.4 Å². The lowest BCUT2D eigenvalue weighted by atomic mass is 9.82. The van der Waals surface area contributed by atoms with Crippen LogP contribution in [-0.2, 0) is 19.9 Å². The second kappa shape index (κ2) is 10.5. The number of piperidine rings is 3. The summed E-state index contributed by atoms with van der Waals surface area (Å²) in [5.74, 6) is -0.422. The fourth-order valence-electron chi connectivity index (χ4n) is 5.12. The molecule has 3 fully saturated rings. The molecule has 6 rings (SSSR count). The van der Waals surface area contributed by atoms with Crippen LogP contribution in [0.4, 0.5) is 5.95 Å². The number of rotatable bonds is 7. The highest BCUT2D eigenvalue weighted by Gasteiger charge is 2.51. The highest BCUT2D eigenvalue weighted by atomic mass is 79.9. The maximum absolute atomic E-state index is 13.5. The van der Waals surface area contributed by atoms with E-state index in [9.17, 15) is 14.7 Å². The van der Waals surface area contributed by atoms with Crippen LogP contribution in [0.15, 0.2) is 59.8 Å². The highest BCUT2D eigenvalue weighted by Crippen LogP contribution is 2.38. The number of anilines is 1. The first-order valence-corrected chi connectivity index (χ1v) is 12.2. The molecule has 2 atom stereocenters. The maximum Gasteiger partial charge on any atom is 0.348 e. The van der Waals surface area contributed by atoms with Crippen molar-refractivity contribution in [1.82, 2.24) is 15.0 Å².